The van der Waals surface area contributed by atoms with Gasteiger partial charge in [0.25, 0.3) is 0 Å². The van der Waals surface area contributed by atoms with Gasteiger partial charge in [0.2, 0.25) is 0 Å². The predicted molar refractivity (Wildman–Crippen MR) is 71.1 cm³/mol. The topological polar surface area (TPSA) is 12.0 Å². The molecule has 0 amide bonds. The van der Waals surface area contributed by atoms with Gasteiger partial charge in [-0.3, -0.25) is 0 Å². The Labute approximate surface area is 101 Å². The maximum absolute atomic E-state index is 3.53. The minimum atomic E-state index is 0.541. The fraction of sp³-hybridized carbons (Fsp3) is 0.385. The molecular formula is C13H18BrN. The summed E-state index contributed by atoms with van der Waals surface area (Å²) < 4.78 is 1.17. The van der Waals surface area contributed by atoms with Crippen molar-refractivity contribution in [1.29, 1.82) is 0 Å². The Morgan fingerprint density at radius 2 is 2.13 bits per heavy atom. The number of halogens is 1. The molecule has 0 unspecified atom stereocenters. The molecule has 0 radical (unpaired) electrons. The zero-order valence-corrected chi connectivity index (χ0v) is 11.1. The predicted octanol–water partition coefficient (Wildman–Crippen LogP) is 3.77. The van der Waals surface area contributed by atoms with Crippen molar-refractivity contribution in [2.75, 3.05) is 6.54 Å². The Kier molecular flexibility index (Phi) is 5.06. The average Bonchev–Trinajstić information content (AvgIpc) is 2.18. The zero-order chi connectivity index (χ0) is 11.3. The average molecular weight is 268 g/mol. The lowest BCUT2D eigenvalue weighted by molar-refractivity contribution is 0.633. The number of aryl methyl sites for hydroxylation is 1. The summed E-state index contributed by atoms with van der Waals surface area (Å²) in [6.07, 6.45) is 4.29. The Morgan fingerprint density at radius 1 is 1.40 bits per heavy atom. The molecule has 0 fully saturated rings. The molecule has 0 aliphatic carbocycles. The molecule has 0 saturated carbocycles. The highest BCUT2D eigenvalue weighted by Gasteiger charge is 1.94. The van der Waals surface area contributed by atoms with Crippen LogP contribution in [0.4, 0.5) is 0 Å². The van der Waals surface area contributed by atoms with Gasteiger partial charge in [-0.2, -0.15) is 0 Å². The third-order valence-electron chi connectivity index (χ3n) is 2.15. The van der Waals surface area contributed by atoms with E-state index in [4.69, 9.17) is 0 Å². The first-order chi connectivity index (χ1) is 7.09. The first-order valence-electron chi connectivity index (χ1n) is 5.25. The van der Waals surface area contributed by atoms with E-state index in [0.717, 1.165) is 6.54 Å². The molecule has 0 heterocycles. The lowest BCUT2D eigenvalue weighted by Crippen LogP contribution is -2.22. The summed E-state index contributed by atoms with van der Waals surface area (Å²) >= 11 is 3.53. The van der Waals surface area contributed by atoms with Gasteiger partial charge < -0.3 is 5.32 Å². The molecule has 0 aliphatic heterocycles. The van der Waals surface area contributed by atoms with Crippen LogP contribution in [0.2, 0.25) is 0 Å². The van der Waals surface area contributed by atoms with Crippen LogP contribution >= 0.6 is 15.9 Å². The Bertz CT molecular complexity index is 342. The summed E-state index contributed by atoms with van der Waals surface area (Å²) in [5.41, 5.74) is 2.51. The fourth-order valence-corrected chi connectivity index (χ4v) is 1.61. The molecule has 0 saturated heterocycles. The van der Waals surface area contributed by atoms with E-state index >= 15 is 0 Å². The SMILES string of the molecule is Cc1ccc(/C=C/CNC(C)C)cc1Br. The first kappa shape index (κ1) is 12.5. The van der Waals surface area contributed by atoms with Crippen LogP contribution in [0.25, 0.3) is 6.08 Å². The number of hydrogen-bond acceptors (Lipinski definition) is 1. The van der Waals surface area contributed by atoms with Gasteiger partial charge in [0, 0.05) is 17.1 Å². The van der Waals surface area contributed by atoms with Gasteiger partial charge in [-0.15, -0.1) is 0 Å². The molecule has 0 spiro atoms. The van der Waals surface area contributed by atoms with Crippen molar-refractivity contribution in [2.45, 2.75) is 26.8 Å². The monoisotopic (exact) mass is 267 g/mol. The lowest BCUT2D eigenvalue weighted by atomic mass is 10.1. The first-order valence-corrected chi connectivity index (χ1v) is 6.05. The van der Waals surface area contributed by atoms with Crippen molar-refractivity contribution >= 4 is 22.0 Å². The van der Waals surface area contributed by atoms with Crippen molar-refractivity contribution in [3.8, 4) is 0 Å². The van der Waals surface area contributed by atoms with Crippen LogP contribution in [0.3, 0.4) is 0 Å². The summed E-state index contributed by atoms with van der Waals surface area (Å²) in [5, 5.41) is 3.34. The van der Waals surface area contributed by atoms with Crippen LogP contribution in [0.1, 0.15) is 25.0 Å². The van der Waals surface area contributed by atoms with Crippen molar-refractivity contribution in [2.24, 2.45) is 0 Å². The van der Waals surface area contributed by atoms with Crippen LogP contribution in [0, 0.1) is 6.92 Å². The minimum Gasteiger partial charge on any atom is -0.311 e. The highest BCUT2D eigenvalue weighted by molar-refractivity contribution is 9.10. The quantitative estimate of drug-likeness (QED) is 0.876. The molecule has 1 N–H and O–H groups in total. The van der Waals surface area contributed by atoms with Gasteiger partial charge in [-0.25, -0.2) is 0 Å². The molecule has 15 heavy (non-hydrogen) atoms. The van der Waals surface area contributed by atoms with E-state index in [1.54, 1.807) is 0 Å². The van der Waals surface area contributed by atoms with E-state index in [0.29, 0.717) is 6.04 Å². The highest BCUT2D eigenvalue weighted by atomic mass is 79.9. The van der Waals surface area contributed by atoms with Gasteiger partial charge in [0.05, 0.1) is 0 Å². The summed E-state index contributed by atoms with van der Waals surface area (Å²) in [6.45, 7) is 7.31. The smallest absolute Gasteiger partial charge is 0.0210 e. The second-order valence-corrected chi connectivity index (χ2v) is 4.83. The number of rotatable bonds is 4. The van der Waals surface area contributed by atoms with Gasteiger partial charge >= 0.3 is 0 Å². The lowest BCUT2D eigenvalue weighted by Gasteiger charge is -2.03. The minimum absolute atomic E-state index is 0.541. The van der Waals surface area contributed by atoms with E-state index in [2.05, 4.69) is 72.4 Å². The largest absolute Gasteiger partial charge is 0.311 e. The maximum Gasteiger partial charge on any atom is 0.0210 e. The van der Waals surface area contributed by atoms with E-state index < -0.39 is 0 Å². The van der Waals surface area contributed by atoms with E-state index in [1.165, 1.54) is 15.6 Å². The van der Waals surface area contributed by atoms with Crippen LogP contribution in [0.15, 0.2) is 28.7 Å². The Hall–Kier alpha value is -0.600. The van der Waals surface area contributed by atoms with Crippen molar-refractivity contribution in [3.05, 3.63) is 39.9 Å². The molecule has 1 aromatic rings. The zero-order valence-electron chi connectivity index (χ0n) is 9.55. The van der Waals surface area contributed by atoms with Crippen LogP contribution in [-0.4, -0.2) is 12.6 Å². The van der Waals surface area contributed by atoms with E-state index in [9.17, 15) is 0 Å². The summed E-state index contributed by atoms with van der Waals surface area (Å²) in [4.78, 5) is 0. The third kappa shape index (κ3) is 4.63. The second kappa shape index (κ2) is 6.09. The molecule has 1 rings (SSSR count). The maximum atomic E-state index is 3.53. The Balaban J connectivity index is 2.53. The molecule has 82 valence electrons. The molecule has 0 atom stereocenters. The van der Waals surface area contributed by atoms with Crippen LogP contribution in [0.5, 0.6) is 0 Å². The normalized spacial score (nSPS) is 11.5. The standard InChI is InChI=1S/C13H18BrN/c1-10(2)15-8-4-5-12-7-6-11(3)13(14)9-12/h4-7,9-10,15H,8H2,1-3H3/b5-4+. The van der Waals surface area contributed by atoms with Crippen molar-refractivity contribution in [3.63, 3.8) is 0 Å². The molecule has 1 aromatic carbocycles. The number of benzene rings is 1. The Morgan fingerprint density at radius 3 is 2.73 bits per heavy atom. The summed E-state index contributed by atoms with van der Waals surface area (Å²) in [6, 6.07) is 6.94. The third-order valence-corrected chi connectivity index (χ3v) is 3.00. The molecular weight excluding hydrogens is 250 g/mol. The van der Waals surface area contributed by atoms with E-state index in [1.807, 2.05) is 0 Å². The van der Waals surface area contributed by atoms with Gasteiger partial charge in [-0.1, -0.05) is 54.1 Å². The fourth-order valence-electron chi connectivity index (χ4n) is 1.21. The van der Waals surface area contributed by atoms with E-state index in [-0.39, 0.29) is 0 Å². The number of hydrogen-bond donors (Lipinski definition) is 1. The number of nitrogens with one attached hydrogen (secondary N) is 1. The second-order valence-electron chi connectivity index (χ2n) is 3.97. The molecule has 1 nitrogen and oxygen atoms in total. The van der Waals surface area contributed by atoms with Crippen LogP contribution < -0.4 is 5.32 Å². The summed E-state index contributed by atoms with van der Waals surface area (Å²) in [7, 11) is 0. The highest BCUT2D eigenvalue weighted by Crippen LogP contribution is 2.18. The van der Waals surface area contributed by atoms with Gasteiger partial charge in [0.15, 0.2) is 0 Å². The van der Waals surface area contributed by atoms with Crippen LogP contribution in [-0.2, 0) is 0 Å². The molecule has 2 heteroatoms. The van der Waals surface area contributed by atoms with Gasteiger partial charge in [0.1, 0.15) is 0 Å². The van der Waals surface area contributed by atoms with Crippen molar-refractivity contribution < 1.29 is 0 Å². The van der Waals surface area contributed by atoms with Crippen molar-refractivity contribution in [1.82, 2.24) is 5.32 Å². The molecule has 0 bridgehead atoms. The molecule has 0 aliphatic rings. The summed E-state index contributed by atoms with van der Waals surface area (Å²) in [5.74, 6) is 0. The van der Waals surface area contributed by atoms with Gasteiger partial charge in [-0.05, 0) is 24.1 Å². The molecule has 0 aromatic heterocycles.